The van der Waals surface area contributed by atoms with Crippen LogP contribution in [0.3, 0.4) is 0 Å². The van der Waals surface area contributed by atoms with Crippen LogP contribution in [0.25, 0.3) is 11.4 Å². The maximum atomic E-state index is 13.8. The van der Waals surface area contributed by atoms with Gasteiger partial charge in [-0.05, 0) is 24.8 Å². The van der Waals surface area contributed by atoms with Crippen LogP contribution in [0.2, 0.25) is 0 Å². The van der Waals surface area contributed by atoms with Gasteiger partial charge in [-0.2, -0.15) is 0 Å². The molecular formula is C18H23FN2O. The number of aromatic nitrogens is 2. The molecule has 2 rings (SSSR count). The summed E-state index contributed by atoms with van der Waals surface area (Å²) in [6.07, 6.45) is 7.28. The van der Waals surface area contributed by atoms with Crippen LogP contribution in [0.1, 0.15) is 44.6 Å². The largest absolute Gasteiger partial charge is 0.505 e. The molecule has 0 bridgehead atoms. The fraction of sp³-hybridized carbons (Fsp3) is 0.444. The van der Waals surface area contributed by atoms with Crippen molar-refractivity contribution in [2.75, 3.05) is 0 Å². The van der Waals surface area contributed by atoms with E-state index in [1.807, 2.05) is 24.3 Å². The van der Waals surface area contributed by atoms with Crippen molar-refractivity contribution in [2.45, 2.75) is 51.6 Å². The van der Waals surface area contributed by atoms with Crippen LogP contribution < -0.4 is 0 Å². The molecule has 0 saturated carbocycles. The standard InChI is InChI=1S/C18H23FN2O/c1-2-3-4-5-16(19)11-8-14-6-9-15(10-7-14)18-20-12-17(22)13-21-18/h6-7,9-10,12-13,16,22H,2-5,8,11H2,1H3/t16-/m1/s1. The van der Waals surface area contributed by atoms with Gasteiger partial charge in [0.1, 0.15) is 6.17 Å². The van der Waals surface area contributed by atoms with Crippen LogP contribution in [0.15, 0.2) is 36.7 Å². The number of halogens is 1. The number of aromatic hydroxyl groups is 1. The van der Waals surface area contributed by atoms with E-state index in [1.54, 1.807) is 0 Å². The summed E-state index contributed by atoms with van der Waals surface area (Å²) in [6.45, 7) is 2.13. The van der Waals surface area contributed by atoms with E-state index in [1.165, 1.54) is 12.4 Å². The highest BCUT2D eigenvalue weighted by atomic mass is 19.1. The Hall–Kier alpha value is -1.97. The number of nitrogens with zero attached hydrogens (tertiary/aromatic N) is 2. The van der Waals surface area contributed by atoms with Gasteiger partial charge in [-0.3, -0.25) is 0 Å². The van der Waals surface area contributed by atoms with Crippen molar-refractivity contribution >= 4 is 0 Å². The first-order chi connectivity index (χ1) is 10.7. The van der Waals surface area contributed by atoms with Gasteiger partial charge in [0.05, 0.1) is 12.4 Å². The molecule has 0 aliphatic heterocycles. The fourth-order valence-corrected chi connectivity index (χ4v) is 2.37. The lowest BCUT2D eigenvalue weighted by Gasteiger charge is -2.08. The first-order valence-corrected chi connectivity index (χ1v) is 7.93. The van der Waals surface area contributed by atoms with E-state index in [9.17, 15) is 9.50 Å². The van der Waals surface area contributed by atoms with Crippen molar-refractivity contribution in [3.05, 3.63) is 42.2 Å². The molecule has 1 atom stereocenters. The molecule has 118 valence electrons. The average molecular weight is 302 g/mol. The van der Waals surface area contributed by atoms with E-state index >= 15 is 0 Å². The fourth-order valence-electron chi connectivity index (χ4n) is 2.37. The molecule has 1 N–H and O–H groups in total. The molecule has 22 heavy (non-hydrogen) atoms. The predicted molar refractivity (Wildman–Crippen MR) is 86.5 cm³/mol. The van der Waals surface area contributed by atoms with E-state index in [-0.39, 0.29) is 5.75 Å². The summed E-state index contributed by atoms with van der Waals surface area (Å²) in [7, 11) is 0. The summed E-state index contributed by atoms with van der Waals surface area (Å²) in [5.41, 5.74) is 2.02. The number of aryl methyl sites for hydroxylation is 1. The van der Waals surface area contributed by atoms with Gasteiger partial charge in [0.25, 0.3) is 0 Å². The van der Waals surface area contributed by atoms with Gasteiger partial charge in [-0.1, -0.05) is 50.5 Å². The zero-order valence-corrected chi connectivity index (χ0v) is 13.0. The van der Waals surface area contributed by atoms with Crippen LogP contribution >= 0.6 is 0 Å². The molecule has 0 aliphatic carbocycles. The number of hydrogen-bond donors (Lipinski definition) is 1. The van der Waals surface area contributed by atoms with Crippen molar-refractivity contribution in [1.82, 2.24) is 9.97 Å². The lowest BCUT2D eigenvalue weighted by Crippen LogP contribution is -2.02. The summed E-state index contributed by atoms with van der Waals surface area (Å²) >= 11 is 0. The van der Waals surface area contributed by atoms with Crippen LogP contribution in [-0.2, 0) is 6.42 Å². The predicted octanol–water partition coefficient (Wildman–Crippen LogP) is 4.70. The van der Waals surface area contributed by atoms with Crippen molar-refractivity contribution in [3.8, 4) is 17.1 Å². The molecule has 0 radical (unpaired) electrons. The van der Waals surface area contributed by atoms with Gasteiger partial charge in [0.2, 0.25) is 0 Å². The first kappa shape index (κ1) is 16.4. The van der Waals surface area contributed by atoms with Crippen molar-refractivity contribution in [3.63, 3.8) is 0 Å². The van der Waals surface area contributed by atoms with E-state index in [4.69, 9.17) is 0 Å². The molecule has 0 amide bonds. The monoisotopic (exact) mass is 302 g/mol. The van der Waals surface area contributed by atoms with Gasteiger partial charge in [-0.25, -0.2) is 14.4 Å². The minimum Gasteiger partial charge on any atom is -0.505 e. The highest BCUT2D eigenvalue weighted by molar-refractivity contribution is 5.55. The molecular weight excluding hydrogens is 279 g/mol. The smallest absolute Gasteiger partial charge is 0.159 e. The van der Waals surface area contributed by atoms with Crippen molar-refractivity contribution < 1.29 is 9.50 Å². The van der Waals surface area contributed by atoms with Gasteiger partial charge >= 0.3 is 0 Å². The van der Waals surface area contributed by atoms with Crippen LogP contribution in [0, 0.1) is 0 Å². The van der Waals surface area contributed by atoms with E-state index in [2.05, 4.69) is 16.9 Å². The third kappa shape index (κ3) is 5.10. The highest BCUT2D eigenvalue weighted by Gasteiger charge is 2.07. The van der Waals surface area contributed by atoms with Crippen LogP contribution in [0.4, 0.5) is 4.39 Å². The number of alkyl halides is 1. The van der Waals surface area contributed by atoms with Crippen molar-refractivity contribution in [2.24, 2.45) is 0 Å². The SMILES string of the molecule is CCCCC[C@@H](F)CCc1ccc(-c2ncc(O)cn2)cc1. The van der Waals surface area contributed by atoms with Gasteiger partial charge in [0.15, 0.2) is 11.6 Å². The third-order valence-corrected chi connectivity index (χ3v) is 3.72. The Morgan fingerprint density at radius 3 is 2.36 bits per heavy atom. The van der Waals surface area contributed by atoms with Gasteiger partial charge in [-0.15, -0.1) is 0 Å². The molecule has 4 heteroatoms. The number of unbranched alkanes of at least 4 members (excludes halogenated alkanes) is 2. The molecule has 1 aromatic carbocycles. The lowest BCUT2D eigenvalue weighted by molar-refractivity contribution is 0.288. The van der Waals surface area contributed by atoms with Crippen LogP contribution in [-0.4, -0.2) is 21.2 Å². The first-order valence-electron chi connectivity index (χ1n) is 7.93. The minimum absolute atomic E-state index is 0.0532. The molecule has 3 nitrogen and oxygen atoms in total. The molecule has 0 spiro atoms. The molecule has 0 saturated heterocycles. The summed E-state index contributed by atoms with van der Waals surface area (Å²) in [5.74, 6) is 0.629. The zero-order chi connectivity index (χ0) is 15.8. The van der Waals surface area contributed by atoms with Gasteiger partial charge < -0.3 is 5.11 Å². The second-order valence-electron chi connectivity index (χ2n) is 5.59. The molecule has 0 unspecified atom stereocenters. The third-order valence-electron chi connectivity index (χ3n) is 3.72. The summed E-state index contributed by atoms with van der Waals surface area (Å²) in [4.78, 5) is 8.15. The molecule has 2 aromatic rings. The Morgan fingerprint density at radius 2 is 1.73 bits per heavy atom. The molecule has 0 fully saturated rings. The number of rotatable bonds is 8. The Labute approximate surface area is 131 Å². The summed E-state index contributed by atoms with van der Waals surface area (Å²) in [5, 5.41) is 9.19. The average Bonchev–Trinajstić information content (AvgIpc) is 2.54. The summed E-state index contributed by atoms with van der Waals surface area (Å²) in [6, 6.07) is 7.85. The number of hydrogen-bond acceptors (Lipinski definition) is 3. The van der Waals surface area contributed by atoms with E-state index < -0.39 is 6.17 Å². The maximum absolute atomic E-state index is 13.8. The Morgan fingerprint density at radius 1 is 1.05 bits per heavy atom. The molecule has 0 aliphatic rings. The second-order valence-corrected chi connectivity index (χ2v) is 5.59. The molecule has 1 heterocycles. The summed E-state index contributed by atoms with van der Waals surface area (Å²) < 4.78 is 13.8. The number of benzene rings is 1. The Kier molecular flexibility index (Phi) is 6.31. The topological polar surface area (TPSA) is 46.0 Å². The highest BCUT2D eigenvalue weighted by Crippen LogP contribution is 2.19. The molecule has 1 aromatic heterocycles. The van der Waals surface area contributed by atoms with E-state index in [0.717, 1.165) is 36.8 Å². The Balaban J connectivity index is 1.85. The zero-order valence-electron chi connectivity index (χ0n) is 13.0. The quantitative estimate of drug-likeness (QED) is 0.719. The van der Waals surface area contributed by atoms with E-state index in [0.29, 0.717) is 18.7 Å². The van der Waals surface area contributed by atoms with Crippen molar-refractivity contribution in [1.29, 1.82) is 0 Å². The minimum atomic E-state index is -0.702. The van der Waals surface area contributed by atoms with Crippen LogP contribution in [0.5, 0.6) is 5.75 Å². The normalized spacial score (nSPS) is 12.3. The lowest BCUT2D eigenvalue weighted by atomic mass is 10.0. The maximum Gasteiger partial charge on any atom is 0.159 e. The second kappa shape index (κ2) is 8.47. The van der Waals surface area contributed by atoms with Gasteiger partial charge in [0, 0.05) is 5.56 Å². The Bertz CT molecular complexity index is 554.